The lowest BCUT2D eigenvalue weighted by Gasteiger charge is -2.12. The van der Waals surface area contributed by atoms with Gasteiger partial charge in [-0.2, -0.15) is 5.10 Å². The van der Waals surface area contributed by atoms with E-state index in [2.05, 4.69) is 10.4 Å². The van der Waals surface area contributed by atoms with E-state index < -0.39 is 12.1 Å². The lowest BCUT2D eigenvalue weighted by atomic mass is 10.2. The SMILES string of the molecule is Cc1ccc(NC(=O)[C@H](C)OC(=O)/C=C/c2c(C)nn(-c3ccccc3)c2C)cc1. The molecule has 1 aromatic heterocycles. The monoisotopic (exact) mass is 403 g/mol. The summed E-state index contributed by atoms with van der Waals surface area (Å²) in [4.78, 5) is 24.5. The van der Waals surface area contributed by atoms with E-state index in [0.29, 0.717) is 5.69 Å². The van der Waals surface area contributed by atoms with E-state index in [4.69, 9.17) is 4.74 Å². The zero-order chi connectivity index (χ0) is 21.7. The van der Waals surface area contributed by atoms with Crippen molar-refractivity contribution in [2.24, 2.45) is 0 Å². The van der Waals surface area contributed by atoms with Gasteiger partial charge in [0.2, 0.25) is 0 Å². The Morgan fingerprint density at radius 2 is 1.70 bits per heavy atom. The number of carbonyl (C=O) groups is 2. The van der Waals surface area contributed by atoms with E-state index >= 15 is 0 Å². The number of hydrogen-bond donors (Lipinski definition) is 1. The summed E-state index contributed by atoms with van der Waals surface area (Å²) in [6.07, 6.45) is 2.07. The molecule has 0 saturated carbocycles. The van der Waals surface area contributed by atoms with Crippen LogP contribution in [0.4, 0.5) is 5.69 Å². The van der Waals surface area contributed by atoms with E-state index in [1.165, 1.54) is 6.08 Å². The Morgan fingerprint density at radius 3 is 2.37 bits per heavy atom. The van der Waals surface area contributed by atoms with Crippen LogP contribution in [-0.4, -0.2) is 27.8 Å². The zero-order valence-electron chi connectivity index (χ0n) is 17.5. The van der Waals surface area contributed by atoms with E-state index in [-0.39, 0.29) is 5.91 Å². The maximum Gasteiger partial charge on any atom is 0.331 e. The highest BCUT2D eigenvalue weighted by Gasteiger charge is 2.17. The third-order valence-electron chi connectivity index (χ3n) is 4.72. The Kier molecular flexibility index (Phi) is 6.47. The van der Waals surface area contributed by atoms with Crippen molar-refractivity contribution < 1.29 is 14.3 Å². The van der Waals surface area contributed by atoms with Crippen molar-refractivity contribution in [3.05, 3.63) is 83.2 Å². The highest BCUT2D eigenvalue weighted by molar-refractivity contribution is 5.96. The number of esters is 1. The van der Waals surface area contributed by atoms with Crippen LogP contribution in [0.3, 0.4) is 0 Å². The predicted octanol–water partition coefficient (Wildman–Crippen LogP) is 4.38. The molecule has 0 aliphatic rings. The molecule has 1 N–H and O–H groups in total. The van der Waals surface area contributed by atoms with Crippen LogP contribution in [0.2, 0.25) is 0 Å². The van der Waals surface area contributed by atoms with Crippen LogP contribution >= 0.6 is 0 Å². The van der Waals surface area contributed by atoms with Crippen molar-refractivity contribution in [1.82, 2.24) is 9.78 Å². The van der Waals surface area contributed by atoms with E-state index in [0.717, 1.165) is 28.2 Å². The number of aromatic nitrogens is 2. The quantitative estimate of drug-likeness (QED) is 0.490. The molecule has 0 radical (unpaired) electrons. The van der Waals surface area contributed by atoms with Crippen LogP contribution in [0.15, 0.2) is 60.7 Å². The summed E-state index contributed by atoms with van der Waals surface area (Å²) in [6, 6.07) is 17.2. The van der Waals surface area contributed by atoms with Gasteiger partial charge in [-0.15, -0.1) is 0 Å². The second-order valence-electron chi connectivity index (χ2n) is 7.10. The lowest BCUT2D eigenvalue weighted by molar-refractivity contribution is -0.148. The number of nitrogens with zero attached hydrogens (tertiary/aromatic N) is 2. The van der Waals surface area contributed by atoms with Crippen molar-refractivity contribution in [1.29, 1.82) is 0 Å². The van der Waals surface area contributed by atoms with Gasteiger partial charge in [0.15, 0.2) is 6.10 Å². The van der Waals surface area contributed by atoms with Crippen LogP contribution in [-0.2, 0) is 14.3 Å². The molecule has 1 atom stereocenters. The number of para-hydroxylation sites is 1. The van der Waals surface area contributed by atoms with Gasteiger partial charge in [-0.25, -0.2) is 9.48 Å². The highest BCUT2D eigenvalue weighted by Crippen LogP contribution is 2.19. The maximum absolute atomic E-state index is 12.2. The Morgan fingerprint density at radius 1 is 1.03 bits per heavy atom. The topological polar surface area (TPSA) is 73.2 Å². The van der Waals surface area contributed by atoms with Gasteiger partial charge >= 0.3 is 5.97 Å². The molecule has 0 aliphatic heterocycles. The van der Waals surface area contributed by atoms with Gasteiger partial charge < -0.3 is 10.1 Å². The summed E-state index contributed by atoms with van der Waals surface area (Å²) in [5.74, 6) is -0.974. The Balaban J connectivity index is 1.64. The summed E-state index contributed by atoms with van der Waals surface area (Å²) in [5.41, 5.74) is 5.25. The summed E-state index contributed by atoms with van der Waals surface area (Å²) >= 11 is 0. The minimum atomic E-state index is -0.919. The van der Waals surface area contributed by atoms with Crippen LogP contribution in [0.1, 0.15) is 29.4 Å². The van der Waals surface area contributed by atoms with Gasteiger partial charge in [-0.1, -0.05) is 35.9 Å². The van der Waals surface area contributed by atoms with Crippen LogP contribution in [0, 0.1) is 20.8 Å². The third-order valence-corrected chi connectivity index (χ3v) is 4.72. The van der Waals surface area contributed by atoms with Crippen molar-refractivity contribution in [2.45, 2.75) is 33.8 Å². The lowest BCUT2D eigenvalue weighted by Crippen LogP contribution is -2.29. The third kappa shape index (κ3) is 5.03. The van der Waals surface area contributed by atoms with Gasteiger partial charge in [0.25, 0.3) is 5.91 Å². The highest BCUT2D eigenvalue weighted by atomic mass is 16.5. The fourth-order valence-corrected chi connectivity index (χ4v) is 3.02. The summed E-state index contributed by atoms with van der Waals surface area (Å²) in [6.45, 7) is 7.33. The van der Waals surface area contributed by atoms with Crippen LogP contribution in [0.25, 0.3) is 11.8 Å². The molecule has 0 spiro atoms. The van der Waals surface area contributed by atoms with E-state index in [9.17, 15) is 9.59 Å². The first-order valence-electron chi connectivity index (χ1n) is 9.73. The number of hydrogen-bond acceptors (Lipinski definition) is 4. The van der Waals surface area contributed by atoms with Gasteiger partial charge in [0, 0.05) is 23.0 Å². The predicted molar refractivity (Wildman–Crippen MR) is 117 cm³/mol. The summed E-state index contributed by atoms with van der Waals surface area (Å²) in [7, 11) is 0. The molecule has 6 nitrogen and oxygen atoms in total. The Bertz CT molecular complexity index is 1070. The molecular formula is C24H25N3O3. The molecular weight excluding hydrogens is 378 g/mol. The first-order chi connectivity index (χ1) is 14.3. The van der Waals surface area contributed by atoms with E-state index in [1.54, 1.807) is 25.1 Å². The van der Waals surface area contributed by atoms with Gasteiger partial charge in [0.05, 0.1) is 11.4 Å². The molecule has 2 aromatic carbocycles. The molecule has 0 bridgehead atoms. The minimum absolute atomic E-state index is 0.384. The molecule has 1 heterocycles. The summed E-state index contributed by atoms with van der Waals surface area (Å²) in [5, 5.41) is 7.28. The molecule has 3 aromatic rings. The molecule has 6 heteroatoms. The largest absolute Gasteiger partial charge is 0.449 e. The molecule has 0 unspecified atom stereocenters. The number of anilines is 1. The average molecular weight is 403 g/mol. The fourth-order valence-electron chi connectivity index (χ4n) is 3.02. The van der Waals surface area contributed by atoms with Crippen molar-refractivity contribution in [3.8, 4) is 5.69 Å². The molecule has 1 amide bonds. The fraction of sp³-hybridized carbons (Fsp3) is 0.208. The molecule has 154 valence electrons. The molecule has 3 rings (SSSR count). The maximum atomic E-state index is 12.2. The second-order valence-corrected chi connectivity index (χ2v) is 7.10. The molecule has 0 saturated heterocycles. The van der Waals surface area contributed by atoms with Crippen LogP contribution in [0.5, 0.6) is 0 Å². The van der Waals surface area contributed by atoms with Gasteiger partial charge in [0.1, 0.15) is 0 Å². The average Bonchev–Trinajstić information content (AvgIpc) is 3.02. The van der Waals surface area contributed by atoms with Gasteiger partial charge in [-0.3, -0.25) is 4.79 Å². The van der Waals surface area contributed by atoms with Gasteiger partial charge in [-0.05, 0) is 58.0 Å². The molecule has 0 aliphatic carbocycles. The number of benzene rings is 2. The molecule has 0 fully saturated rings. The normalized spacial score (nSPS) is 12.0. The van der Waals surface area contributed by atoms with Crippen LogP contribution < -0.4 is 5.32 Å². The molecule has 30 heavy (non-hydrogen) atoms. The first-order valence-corrected chi connectivity index (χ1v) is 9.73. The first kappa shape index (κ1) is 21.0. The Hall–Kier alpha value is -3.67. The number of rotatable bonds is 6. The minimum Gasteiger partial charge on any atom is -0.449 e. The number of carbonyl (C=O) groups excluding carboxylic acids is 2. The number of ether oxygens (including phenoxy) is 1. The summed E-state index contributed by atoms with van der Waals surface area (Å²) < 4.78 is 7.07. The second kappa shape index (κ2) is 9.22. The van der Waals surface area contributed by atoms with Crippen molar-refractivity contribution in [3.63, 3.8) is 0 Å². The number of aryl methyl sites for hydroxylation is 2. The standard InChI is InChI=1S/C24H25N3O3/c1-16-10-12-20(13-11-16)25-24(29)19(4)30-23(28)15-14-22-17(2)26-27(18(22)3)21-8-6-5-7-9-21/h5-15,19H,1-4H3,(H,25,29)/b15-14+/t19-/m0/s1. The van der Waals surface area contributed by atoms with Crippen molar-refractivity contribution >= 4 is 23.6 Å². The smallest absolute Gasteiger partial charge is 0.331 e. The number of nitrogens with one attached hydrogen (secondary N) is 1. The zero-order valence-corrected chi connectivity index (χ0v) is 17.5. The Labute approximate surface area is 176 Å². The van der Waals surface area contributed by atoms with E-state index in [1.807, 2.05) is 67.9 Å². The number of amides is 1. The van der Waals surface area contributed by atoms with Crippen molar-refractivity contribution in [2.75, 3.05) is 5.32 Å².